The van der Waals surface area contributed by atoms with Gasteiger partial charge in [-0.15, -0.1) is 0 Å². The lowest BCUT2D eigenvalue weighted by Crippen LogP contribution is -2.32. The summed E-state index contributed by atoms with van der Waals surface area (Å²) in [4.78, 5) is 16.5. The van der Waals surface area contributed by atoms with Crippen molar-refractivity contribution in [2.45, 2.75) is 26.7 Å². The van der Waals surface area contributed by atoms with Crippen molar-refractivity contribution in [1.29, 1.82) is 0 Å². The molecule has 1 saturated carbocycles. The second-order valence-electron chi connectivity index (χ2n) is 6.24. The fraction of sp³-hybridized carbons (Fsp3) is 0.438. The molecular formula is C16H21N5O. The van der Waals surface area contributed by atoms with Crippen LogP contribution in [0.5, 0.6) is 0 Å². The van der Waals surface area contributed by atoms with Crippen LogP contribution in [0.15, 0.2) is 30.6 Å². The summed E-state index contributed by atoms with van der Waals surface area (Å²) < 4.78 is 1.48. The highest BCUT2D eigenvalue weighted by molar-refractivity contribution is 5.98. The van der Waals surface area contributed by atoms with E-state index in [0.29, 0.717) is 29.7 Å². The first kappa shape index (κ1) is 14.6. The lowest BCUT2D eigenvalue weighted by atomic mass is 9.92. The van der Waals surface area contributed by atoms with Gasteiger partial charge in [0, 0.05) is 12.7 Å². The molecule has 0 saturated heterocycles. The number of nitrogens with two attached hydrogens (primary N) is 1. The molecule has 6 nitrogen and oxygen atoms in total. The third kappa shape index (κ3) is 2.56. The van der Waals surface area contributed by atoms with Gasteiger partial charge in [-0.1, -0.05) is 19.9 Å². The second-order valence-corrected chi connectivity index (χ2v) is 6.24. The summed E-state index contributed by atoms with van der Waals surface area (Å²) in [7, 11) is 0. The Kier molecular flexibility index (Phi) is 3.60. The normalized spacial score (nSPS) is 15.8. The Morgan fingerprint density at radius 1 is 1.45 bits per heavy atom. The number of anilines is 1. The van der Waals surface area contributed by atoms with Crippen LogP contribution in [-0.2, 0) is 0 Å². The van der Waals surface area contributed by atoms with Crippen molar-refractivity contribution in [2.24, 2.45) is 11.3 Å². The van der Waals surface area contributed by atoms with Crippen LogP contribution < -0.4 is 11.1 Å². The van der Waals surface area contributed by atoms with E-state index in [4.69, 9.17) is 5.73 Å². The summed E-state index contributed by atoms with van der Waals surface area (Å²) in [6.45, 7) is 5.09. The molecule has 22 heavy (non-hydrogen) atoms. The third-order valence-electron chi connectivity index (χ3n) is 4.64. The summed E-state index contributed by atoms with van der Waals surface area (Å²) in [5, 5.41) is 7.17. The molecule has 1 aliphatic carbocycles. The molecular weight excluding hydrogens is 278 g/mol. The molecule has 1 amide bonds. The maximum Gasteiger partial charge on any atom is 0.256 e. The lowest BCUT2D eigenvalue weighted by Gasteiger charge is -2.19. The van der Waals surface area contributed by atoms with Crippen molar-refractivity contribution in [3.8, 4) is 5.82 Å². The molecule has 3 rings (SSSR count). The number of rotatable bonds is 5. The smallest absolute Gasteiger partial charge is 0.256 e. The summed E-state index contributed by atoms with van der Waals surface area (Å²) in [6.07, 6.45) is 5.51. The molecule has 0 bridgehead atoms. The van der Waals surface area contributed by atoms with Crippen LogP contribution in [0.1, 0.15) is 37.0 Å². The molecule has 0 atom stereocenters. The first-order valence-electron chi connectivity index (χ1n) is 7.56. The average molecular weight is 299 g/mol. The number of carbonyl (C=O) groups is 1. The highest BCUT2D eigenvalue weighted by Gasteiger charge is 2.45. The van der Waals surface area contributed by atoms with Crippen LogP contribution in [0.2, 0.25) is 0 Å². The Hall–Kier alpha value is -2.37. The first-order valence-corrected chi connectivity index (χ1v) is 7.56. The van der Waals surface area contributed by atoms with E-state index in [2.05, 4.69) is 29.2 Å². The van der Waals surface area contributed by atoms with Gasteiger partial charge in [0.1, 0.15) is 11.4 Å². The van der Waals surface area contributed by atoms with E-state index < -0.39 is 0 Å². The highest BCUT2D eigenvalue weighted by atomic mass is 16.1. The number of nitrogens with one attached hydrogen (secondary N) is 1. The maximum absolute atomic E-state index is 12.3. The van der Waals surface area contributed by atoms with Gasteiger partial charge in [-0.05, 0) is 36.3 Å². The Bertz CT molecular complexity index is 673. The number of nitrogen functional groups attached to an aromatic ring is 1. The zero-order valence-corrected chi connectivity index (χ0v) is 12.9. The van der Waals surface area contributed by atoms with Gasteiger partial charge in [0.25, 0.3) is 5.91 Å². The van der Waals surface area contributed by atoms with Gasteiger partial charge >= 0.3 is 0 Å². The molecule has 0 aromatic carbocycles. The zero-order valence-electron chi connectivity index (χ0n) is 12.9. The molecule has 3 N–H and O–H groups in total. The number of amides is 1. The van der Waals surface area contributed by atoms with Gasteiger partial charge in [0.05, 0.1) is 6.20 Å². The van der Waals surface area contributed by atoms with Crippen LogP contribution in [0.25, 0.3) is 5.82 Å². The van der Waals surface area contributed by atoms with Crippen LogP contribution in [0, 0.1) is 11.3 Å². The van der Waals surface area contributed by atoms with Gasteiger partial charge in [0.15, 0.2) is 5.82 Å². The molecule has 1 aliphatic rings. The molecule has 2 heterocycles. The van der Waals surface area contributed by atoms with Gasteiger partial charge in [-0.2, -0.15) is 9.78 Å². The zero-order chi connectivity index (χ0) is 15.7. The van der Waals surface area contributed by atoms with Crippen molar-refractivity contribution >= 4 is 11.7 Å². The minimum atomic E-state index is -0.174. The highest BCUT2D eigenvalue weighted by Crippen LogP contribution is 2.51. The van der Waals surface area contributed by atoms with E-state index in [1.165, 1.54) is 23.7 Å². The van der Waals surface area contributed by atoms with Crippen LogP contribution in [-0.4, -0.2) is 27.2 Å². The largest absolute Gasteiger partial charge is 0.383 e. The Morgan fingerprint density at radius 3 is 2.82 bits per heavy atom. The summed E-state index contributed by atoms with van der Waals surface area (Å²) in [5.74, 6) is 1.30. The van der Waals surface area contributed by atoms with Crippen molar-refractivity contribution in [2.75, 3.05) is 12.3 Å². The molecule has 0 aliphatic heterocycles. The third-order valence-corrected chi connectivity index (χ3v) is 4.64. The lowest BCUT2D eigenvalue weighted by molar-refractivity contribution is 0.0940. The van der Waals surface area contributed by atoms with Gasteiger partial charge in [-0.25, -0.2) is 4.98 Å². The maximum atomic E-state index is 12.3. The number of carbonyl (C=O) groups excluding carboxylic acids is 1. The number of nitrogens with zero attached hydrogens (tertiary/aromatic N) is 3. The topological polar surface area (TPSA) is 85.8 Å². The van der Waals surface area contributed by atoms with E-state index in [-0.39, 0.29) is 11.3 Å². The summed E-state index contributed by atoms with van der Waals surface area (Å²) in [5.41, 5.74) is 6.71. The number of aromatic nitrogens is 3. The van der Waals surface area contributed by atoms with Gasteiger partial charge in [-0.3, -0.25) is 4.79 Å². The molecule has 116 valence electrons. The summed E-state index contributed by atoms with van der Waals surface area (Å²) in [6, 6.07) is 5.46. The van der Waals surface area contributed by atoms with Crippen LogP contribution in [0.3, 0.4) is 0 Å². The average Bonchev–Trinajstić information content (AvgIpc) is 3.22. The predicted molar refractivity (Wildman–Crippen MR) is 84.6 cm³/mol. The van der Waals surface area contributed by atoms with Crippen molar-refractivity contribution in [3.05, 3.63) is 36.2 Å². The van der Waals surface area contributed by atoms with E-state index in [0.717, 1.165) is 0 Å². The molecule has 0 unspecified atom stereocenters. The predicted octanol–water partition coefficient (Wildman–Crippen LogP) is 2.02. The molecule has 1 fully saturated rings. The number of pyridine rings is 1. The molecule has 0 spiro atoms. The number of hydrogen-bond acceptors (Lipinski definition) is 4. The SMILES string of the molecule is CC(C)C1(CNC(=O)c2cnn(-c3ccccn3)c2N)CC1. The van der Waals surface area contributed by atoms with E-state index >= 15 is 0 Å². The molecule has 0 radical (unpaired) electrons. The fourth-order valence-electron chi connectivity index (χ4n) is 2.66. The Balaban J connectivity index is 1.73. The molecule has 2 aromatic heterocycles. The minimum Gasteiger partial charge on any atom is -0.383 e. The second kappa shape index (κ2) is 5.44. The molecule has 6 heteroatoms. The van der Waals surface area contributed by atoms with Gasteiger partial charge < -0.3 is 11.1 Å². The van der Waals surface area contributed by atoms with Crippen LogP contribution >= 0.6 is 0 Å². The molecule has 2 aromatic rings. The number of hydrogen-bond donors (Lipinski definition) is 2. The quantitative estimate of drug-likeness (QED) is 0.884. The Morgan fingerprint density at radius 2 is 2.23 bits per heavy atom. The van der Waals surface area contributed by atoms with Crippen molar-refractivity contribution in [3.63, 3.8) is 0 Å². The summed E-state index contributed by atoms with van der Waals surface area (Å²) >= 11 is 0. The standard InChI is InChI=1S/C16H21N5O/c1-11(2)16(6-7-16)10-19-15(22)12-9-20-21(14(12)17)13-5-3-4-8-18-13/h3-5,8-9,11H,6-7,10,17H2,1-2H3,(H,19,22). The minimum absolute atomic E-state index is 0.174. The van der Waals surface area contributed by atoms with E-state index in [1.807, 2.05) is 12.1 Å². The Labute approximate surface area is 129 Å². The fourth-order valence-corrected chi connectivity index (χ4v) is 2.66. The van der Waals surface area contributed by atoms with E-state index in [9.17, 15) is 4.79 Å². The van der Waals surface area contributed by atoms with Gasteiger partial charge in [0.2, 0.25) is 0 Å². The van der Waals surface area contributed by atoms with Crippen LogP contribution in [0.4, 0.5) is 5.82 Å². The van der Waals surface area contributed by atoms with Crippen molar-refractivity contribution in [1.82, 2.24) is 20.1 Å². The first-order chi connectivity index (χ1) is 10.5. The van der Waals surface area contributed by atoms with E-state index in [1.54, 1.807) is 12.3 Å². The van der Waals surface area contributed by atoms with Crippen molar-refractivity contribution < 1.29 is 4.79 Å². The monoisotopic (exact) mass is 299 g/mol.